The number of fused-ring (bicyclic) bond motifs is 5. The highest BCUT2D eigenvalue weighted by Crippen LogP contribution is 2.44. The summed E-state index contributed by atoms with van der Waals surface area (Å²) in [6.45, 7) is 0. The van der Waals surface area contributed by atoms with E-state index in [-0.39, 0.29) is 0 Å². The number of aromatic nitrogens is 1. The average molecular weight is 587 g/mol. The van der Waals surface area contributed by atoms with Gasteiger partial charge in [0.2, 0.25) is 0 Å². The molecule has 0 radical (unpaired) electrons. The predicted octanol–water partition coefficient (Wildman–Crippen LogP) is 12.2. The summed E-state index contributed by atoms with van der Waals surface area (Å²) in [5.74, 6) is 0. The molecular formula is C44H30N2. The minimum atomic E-state index is 1.13. The fourth-order valence-electron chi connectivity index (χ4n) is 7.15. The van der Waals surface area contributed by atoms with E-state index in [9.17, 15) is 0 Å². The van der Waals surface area contributed by atoms with Crippen LogP contribution in [-0.4, -0.2) is 4.57 Å². The van der Waals surface area contributed by atoms with Crippen molar-refractivity contribution in [3.63, 3.8) is 0 Å². The van der Waals surface area contributed by atoms with Crippen molar-refractivity contribution < 1.29 is 0 Å². The Bertz CT molecular complexity index is 2420. The molecular weight excluding hydrogens is 556 g/mol. The number of rotatable bonds is 5. The van der Waals surface area contributed by atoms with Crippen LogP contribution in [0.15, 0.2) is 182 Å². The van der Waals surface area contributed by atoms with Crippen molar-refractivity contribution >= 4 is 60.4 Å². The molecule has 216 valence electrons. The number of benzene rings is 8. The molecule has 2 heteroatoms. The van der Waals surface area contributed by atoms with E-state index >= 15 is 0 Å². The minimum Gasteiger partial charge on any atom is -0.310 e. The van der Waals surface area contributed by atoms with Crippen LogP contribution < -0.4 is 4.90 Å². The normalized spacial score (nSPS) is 11.5. The van der Waals surface area contributed by atoms with Crippen molar-refractivity contribution in [1.29, 1.82) is 0 Å². The second kappa shape index (κ2) is 10.8. The number of nitrogens with zero attached hydrogens (tertiary/aromatic N) is 2. The largest absolute Gasteiger partial charge is 0.310 e. The Morgan fingerprint density at radius 3 is 1.54 bits per heavy atom. The molecule has 0 fully saturated rings. The molecule has 0 unspecified atom stereocenters. The first-order chi connectivity index (χ1) is 22.8. The molecule has 2 nitrogen and oxygen atoms in total. The second-order valence-corrected chi connectivity index (χ2v) is 11.8. The van der Waals surface area contributed by atoms with Crippen molar-refractivity contribution in [2.75, 3.05) is 4.90 Å². The molecule has 0 bridgehead atoms. The van der Waals surface area contributed by atoms with E-state index in [4.69, 9.17) is 0 Å². The van der Waals surface area contributed by atoms with Gasteiger partial charge >= 0.3 is 0 Å². The van der Waals surface area contributed by atoms with Gasteiger partial charge in [-0.2, -0.15) is 0 Å². The Morgan fingerprint density at radius 1 is 0.391 bits per heavy atom. The Hall–Kier alpha value is -6.12. The molecule has 0 amide bonds. The number of hydrogen-bond acceptors (Lipinski definition) is 1. The summed E-state index contributed by atoms with van der Waals surface area (Å²) >= 11 is 0. The summed E-state index contributed by atoms with van der Waals surface area (Å²) in [6.07, 6.45) is 0. The molecule has 46 heavy (non-hydrogen) atoms. The third kappa shape index (κ3) is 4.19. The zero-order valence-electron chi connectivity index (χ0n) is 25.2. The molecule has 0 spiro atoms. The van der Waals surface area contributed by atoms with Crippen LogP contribution in [0.1, 0.15) is 0 Å². The molecule has 0 saturated heterocycles. The molecule has 9 aromatic rings. The summed E-state index contributed by atoms with van der Waals surface area (Å²) in [4.78, 5) is 2.37. The lowest BCUT2D eigenvalue weighted by Crippen LogP contribution is -2.10. The summed E-state index contributed by atoms with van der Waals surface area (Å²) in [6, 6.07) is 65.6. The van der Waals surface area contributed by atoms with E-state index in [2.05, 4.69) is 191 Å². The second-order valence-electron chi connectivity index (χ2n) is 11.8. The van der Waals surface area contributed by atoms with Gasteiger partial charge in [0.25, 0.3) is 0 Å². The highest BCUT2D eigenvalue weighted by Gasteiger charge is 2.20. The molecule has 0 saturated carbocycles. The lowest BCUT2D eigenvalue weighted by atomic mass is 9.92. The van der Waals surface area contributed by atoms with Gasteiger partial charge in [0.05, 0.1) is 16.7 Å². The lowest BCUT2D eigenvalue weighted by Gasteiger charge is -2.26. The molecule has 0 atom stereocenters. The standard InChI is InChI=1S/C44H30N2/c1-3-16-34(17-4-1)45(35-18-5-2-6-19-35)41-24-13-25-42-44(41)39-22-11-12-23-40(39)46(42)36-28-26-31(27-29-36)43-37-20-9-7-14-32(37)30-33-15-8-10-21-38(33)43/h1-30H. The van der Waals surface area contributed by atoms with Crippen LogP contribution in [0, 0.1) is 0 Å². The fourth-order valence-corrected chi connectivity index (χ4v) is 7.15. The van der Waals surface area contributed by atoms with E-state index in [0.717, 1.165) is 22.7 Å². The molecule has 0 aliphatic carbocycles. The third-order valence-corrected chi connectivity index (χ3v) is 9.13. The fraction of sp³-hybridized carbons (Fsp3) is 0. The number of para-hydroxylation sites is 3. The van der Waals surface area contributed by atoms with Crippen LogP contribution in [0.4, 0.5) is 17.1 Å². The van der Waals surface area contributed by atoms with Gasteiger partial charge in [-0.05, 0) is 93.3 Å². The van der Waals surface area contributed by atoms with E-state index in [1.54, 1.807) is 0 Å². The van der Waals surface area contributed by atoms with E-state index in [1.807, 2.05) is 0 Å². The molecule has 9 rings (SSSR count). The van der Waals surface area contributed by atoms with Gasteiger partial charge in [-0.3, -0.25) is 0 Å². The van der Waals surface area contributed by atoms with Gasteiger partial charge in [0.15, 0.2) is 0 Å². The zero-order valence-corrected chi connectivity index (χ0v) is 25.2. The maximum atomic E-state index is 2.41. The molecule has 0 aliphatic heterocycles. The van der Waals surface area contributed by atoms with Gasteiger partial charge in [0.1, 0.15) is 0 Å². The van der Waals surface area contributed by atoms with Crippen molar-refractivity contribution in [2.24, 2.45) is 0 Å². The summed E-state index contributed by atoms with van der Waals surface area (Å²) in [5.41, 5.74) is 9.43. The molecule has 8 aromatic carbocycles. The van der Waals surface area contributed by atoms with Crippen LogP contribution in [0.5, 0.6) is 0 Å². The van der Waals surface area contributed by atoms with E-state index < -0.39 is 0 Å². The summed E-state index contributed by atoms with van der Waals surface area (Å²) < 4.78 is 2.41. The maximum absolute atomic E-state index is 2.41. The van der Waals surface area contributed by atoms with Gasteiger partial charge in [-0.15, -0.1) is 0 Å². The Balaban J connectivity index is 1.26. The topological polar surface area (TPSA) is 8.17 Å². The smallest absolute Gasteiger partial charge is 0.0562 e. The SMILES string of the molecule is c1ccc(N(c2ccccc2)c2cccc3c2c2ccccc2n3-c2ccc(-c3c4ccccc4cc4ccccc34)cc2)cc1. The van der Waals surface area contributed by atoms with Crippen LogP contribution in [-0.2, 0) is 0 Å². The zero-order chi connectivity index (χ0) is 30.5. The molecule has 1 heterocycles. The monoisotopic (exact) mass is 586 g/mol. The maximum Gasteiger partial charge on any atom is 0.0562 e. The van der Waals surface area contributed by atoms with E-state index in [0.29, 0.717) is 0 Å². The van der Waals surface area contributed by atoms with Crippen molar-refractivity contribution in [3.05, 3.63) is 182 Å². The Kier molecular flexibility index (Phi) is 6.17. The van der Waals surface area contributed by atoms with Crippen molar-refractivity contribution in [2.45, 2.75) is 0 Å². The first-order valence-electron chi connectivity index (χ1n) is 15.8. The third-order valence-electron chi connectivity index (χ3n) is 9.13. The van der Waals surface area contributed by atoms with Gasteiger partial charge in [-0.25, -0.2) is 0 Å². The summed E-state index contributed by atoms with van der Waals surface area (Å²) in [5, 5.41) is 7.53. The number of anilines is 3. The Labute approximate surface area is 268 Å². The quantitative estimate of drug-likeness (QED) is 0.182. The average Bonchev–Trinajstić information content (AvgIpc) is 3.47. The van der Waals surface area contributed by atoms with Gasteiger partial charge in [-0.1, -0.05) is 121 Å². The molecule has 0 N–H and O–H groups in total. The lowest BCUT2D eigenvalue weighted by molar-refractivity contribution is 1.18. The van der Waals surface area contributed by atoms with E-state index in [1.165, 1.54) is 54.5 Å². The highest BCUT2D eigenvalue weighted by molar-refractivity contribution is 6.17. The van der Waals surface area contributed by atoms with Crippen LogP contribution in [0.25, 0.3) is 60.2 Å². The van der Waals surface area contributed by atoms with Gasteiger partial charge < -0.3 is 9.47 Å². The van der Waals surface area contributed by atoms with Crippen molar-refractivity contribution in [1.82, 2.24) is 4.57 Å². The van der Waals surface area contributed by atoms with Gasteiger partial charge in [0, 0.05) is 27.8 Å². The van der Waals surface area contributed by atoms with Crippen LogP contribution in [0.3, 0.4) is 0 Å². The Morgan fingerprint density at radius 2 is 0.913 bits per heavy atom. The molecule has 0 aliphatic rings. The first-order valence-corrected chi connectivity index (χ1v) is 15.8. The summed E-state index contributed by atoms with van der Waals surface area (Å²) in [7, 11) is 0. The van der Waals surface area contributed by atoms with Crippen molar-refractivity contribution in [3.8, 4) is 16.8 Å². The highest BCUT2D eigenvalue weighted by atomic mass is 15.1. The van der Waals surface area contributed by atoms with Crippen LogP contribution >= 0.6 is 0 Å². The molecule has 1 aromatic heterocycles. The van der Waals surface area contributed by atoms with Crippen LogP contribution in [0.2, 0.25) is 0 Å². The minimum absolute atomic E-state index is 1.13. The number of hydrogen-bond donors (Lipinski definition) is 0. The first kappa shape index (κ1) is 26.3. The predicted molar refractivity (Wildman–Crippen MR) is 196 cm³/mol.